The van der Waals surface area contributed by atoms with E-state index >= 15 is 0 Å². The fourth-order valence-electron chi connectivity index (χ4n) is 1.15. The van der Waals surface area contributed by atoms with Gasteiger partial charge in [0.25, 0.3) is 5.56 Å². The molecule has 0 aliphatic rings. The summed E-state index contributed by atoms with van der Waals surface area (Å²) in [4.78, 5) is 29.1. The Labute approximate surface area is 109 Å². The first-order chi connectivity index (χ1) is 8.61. The van der Waals surface area contributed by atoms with Crippen molar-refractivity contribution < 1.29 is 14.3 Å². The first kappa shape index (κ1) is 14.7. The second-order valence-electron chi connectivity index (χ2n) is 3.40. The van der Waals surface area contributed by atoms with Crippen LogP contribution in [0.25, 0.3) is 0 Å². The van der Waals surface area contributed by atoms with Gasteiger partial charge in [0.05, 0.1) is 12.4 Å². The van der Waals surface area contributed by atoms with Crippen molar-refractivity contribution in [3.05, 3.63) is 22.1 Å². The smallest absolute Gasteiger partial charge is 0.316 e. The molecule has 0 fully saturated rings. The fraction of sp³-hybridized carbons (Fsp3) is 0.545. The van der Waals surface area contributed by atoms with Gasteiger partial charge in [-0.15, -0.1) is 0 Å². The monoisotopic (exact) mass is 272 g/mol. The lowest BCUT2D eigenvalue weighted by molar-refractivity contribution is -0.141. The number of carbonyl (C=O) groups excluding carboxylic acids is 1. The molecule has 18 heavy (non-hydrogen) atoms. The SMILES string of the molecule is CCOCCOC(=O)CSc1nc(C)cc(=O)[nH]1. The number of hydrogen-bond donors (Lipinski definition) is 1. The molecule has 0 spiro atoms. The number of ether oxygens (including phenoxy) is 2. The molecular weight excluding hydrogens is 256 g/mol. The zero-order valence-corrected chi connectivity index (χ0v) is 11.2. The van der Waals surface area contributed by atoms with Crippen molar-refractivity contribution >= 4 is 17.7 Å². The lowest BCUT2D eigenvalue weighted by Gasteiger charge is -2.04. The minimum absolute atomic E-state index is 0.110. The lowest BCUT2D eigenvalue weighted by atomic mass is 10.5. The third kappa shape index (κ3) is 5.83. The van der Waals surface area contributed by atoms with Crippen LogP contribution in [0.1, 0.15) is 12.6 Å². The molecule has 1 heterocycles. The predicted octanol–water partition coefficient (Wildman–Crippen LogP) is 0.750. The van der Waals surface area contributed by atoms with Crippen LogP contribution in [-0.4, -0.2) is 41.5 Å². The Morgan fingerprint density at radius 1 is 1.50 bits per heavy atom. The van der Waals surface area contributed by atoms with Gasteiger partial charge in [0.1, 0.15) is 6.61 Å². The lowest BCUT2D eigenvalue weighted by Crippen LogP contribution is -2.13. The minimum Gasteiger partial charge on any atom is -0.463 e. The second-order valence-corrected chi connectivity index (χ2v) is 4.36. The van der Waals surface area contributed by atoms with Gasteiger partial charge in [0, 0.05) is 18.4 Å². The van der Waals surface area contributed by atoms with Crippen LogP contribution in [0.2, 0.25) is 0 Å². The van der Waals surface area contributed by atoms with E-state index in [2.05, 4.69) is 9.97 Å². The topological polar surface area (TPSA) is 81.3 Å². The van der Waals surface area contributed by atoms with Gasteiger partial charge in [-0.25, -0.2) is 4.98 Å². The van der Waals surface area contributed by atoms with Crippen molar-refractivity contribution in [3.63, 3.8) is 0 Å². The number of nitrogens with zero attached hydrogens (tertiary/aromatic N) is 1. The molecule has 0 aromatic carbocycles. The molecule has 0 aliphatic heterocycles. The fourth-order valence-corrected chi connectivity index (χ4v) is 1.87. The molecule has 0 bridgehead atoms. The molecule has 6 nitrogen and oxygen atoms in total. The zero-order chi connectivity index (χ0) is 13.4. The molecule has 0 radical (unpaired) electrons. The van der Waals surface area contributed by atoms with Gasteiger partial charge < -0.3 is 14.5 Å². The van der Waals surface area contributed by atoms with Crippen molar-refractivity contribution in [1.29, 1.82) is 0 Å². The Morgan fingerprint density at radius 2 is 2.28 bits per heavy atom. The van der Waals surface area contributed by atoms with Crippen LogP contribution in [0.4, 0.5) is 0 Å². The van der Waals surface area contributed by atoms with E-state index in [0.29, 0.717) is 24.1 Å². The summed E-state index contributed by atoms with van der Waals surface area (Å²) in [5, 5.41) is 0.418. The molecule has 0 unspecified atom stereocenters. The number of nitrogens with one attached hydrogen (secondary N) is 1. The average Bonchev–Trinajstić information content (AvgIpc) is 2.31. The Balaban J connectivity index is 2.31. The molecule has 1 aromatic rings. The van der Waals surface area contributed by atoms with Crippen LogP contribution >= 0.6 is 11.8 Å². The van der Waals surface area contributed by atoms with E-state index in [0.717, 1.165) is 11.8 Å². The van der Waals surface area contributed by atoms with E-state index in [1.54, 1.807) is 6.92 Å². The maximum Gasteiger partial charge on any atom is 0.316 e. The highest BCUT2D eigenvalue weighted by molar-refractivity contribution is 7.99. The molecule has 0 saturated heterocycles. The van der Waals surface area contributed by atoms with Crippen LogP contribution in [0.3, 0.4) is 0 Å². The molecule has 0 saturated carbocycles. The van der Waals surface area contributed by atoms with Gasteiger partial charge in [-0.2, -0.15) is 0 Å². The summed E-state index contributed by atoms with van der Waals surface area (Å²) in [6, 6.07) is 1.39. The molecule has 1 N–H and O–H groups in total. The van der Waals surface area contributed by atoms with Gasteiger partial charge in [0.15, 0.2) is 5.16 Å². The number of rotatable bonds is 7. The van der Waals surface area contributed by atoms with Gasteiger partial charge in [-0.3, -0.25) is 9.59 Å². The van der Waals surface area contributed by atoms with Crippen LogP contribution in [-0.2, 0) is 14.3 Å². The van der Waals surface area contributed by atoms with Crippen LogP contribution in [0.15, 0.2) is 16.0 Å². The summed E-state index contributed by atoms with van der Waals surface area (Å²) in [7, 11) is 0. The third-order valence-corrected chi connectivity index (χ3v) is 2.72. The third-order valence-electron chi connectivity index (χ3n) is 1.87. The molecule has 7 heteroatoms. The van der Waals surface area contributed by atoms with E-state index in [-0.39, 0.29) is 23.9 Å². The first-order valence-corrected chi connectivity index (χ1v) is 6.54. The molecule has 1 aromatic heterocycles. The number of esters is 1. The number of aromatic nitrogens is 2. The molecule has 0 amide bonds. The van der Waals surface area contributed by atoms with Crippen LogP contribution in [0.5, 0.6) is 0 Å². The van der Waals surface area contributed by atoms with Crippen molar-refractivity contribution in [2.45, 2.75) is 19.0 Å². The largest absolute Gasteiger partial charge is 0.463 e. The zero-order valence-electron chi connectivity index (χ0n) is 10.4. The Bertz CT molecular complexity index is 447. The predicted molar refractivity (Wildman–Crippen MR) is 67.8 cm³/mol. The highest BCUT2D eigenvalue weighted by atomic mass is 32.2. The Morgan fingerprint density at radius 3 is 2.94 bits per heavy atom. The first-order valence-electron chi connectivity index (χ1n) is 5.56. The maximum atomic E-state index is 11.3. The van der Waals surface area contributed by atoms with Gasteiger partial charge in [-0.05, 0) is 13.8 Å². The molecule has 1 rings (SSSR count). The molecule has 0 aliphatic carbocycles. The van der Waals surface area contributed by atoms with Gasteiger partial charge in [-0.1, -0.05) is 11.8 Å². The maximum absolute atomic E-state index is 11.3. The van der Waals surface area contributed by atoms with Crippen molar-refractivity contribution in [2.24, 2.45) is 0 Å². The summed E-state index contributed by atoms with van der Waals surface area (Å²) in [6.07, 6.45) is 0. The average molecular weight is 272 g/mol. The summed E-state index contributed by atoms with van der Waals surface area (Å²) in [5.74, 6) is -0.248. The second kappa shape index (κ2) is 7.88. The number of H-pyrrole nitrogens is 1. The summed E-state index contributed by atoms with van der Waals surface area (Å²) >= 11 is 1.14. The van der Waals surface area contributed by atoms with Gasteiger partial charge >= 0.3 is 5.97 Å². The van der Waals surface area contributed by atoms with E-state index in [1.165, 1.54) is 6.07 Å². The van der Waals surface area contributed by atoms with Crippen molar-refractivity contribution in [2.75, 3.05) is 25.6 Å². The van der Waals surface area contributed by atoms with Crippen LogP contribution in [0, 0.1) is 6.92 Å². The minimum atomic E-state index is -0.358. The van der Waals surface area contributed by atoms with Crippen molar-refractivity contribution in [3.8, 4) is 0 Å². The summed E-state index contributed by atoms with van der Waals surface area (Å²) in [6.45, 7) is 4.83. The normalized spacial score (nSPS) is 10.3. The summed E-state index contributed by atoms with van der Waals surface area (Å²) in [5.41, 5.74) is 0.390. The van der Waals surface area contributed by atoms with E-state index < -0.39 is 0 Å². The highest BCUT2D eigenvalue weighted by Gasteiger charge is 2.06. The number of hydrogen-bond acceptors (Lipinski definition) is 6. The molecule has 0 atom stereocenters. The van der Waals surface area contributed by atoms with E-state index in [9.17, 15) is 9.59 Å². The summed E-state index contributed by atoms with van der Waals surface area (Å²) < 4.78 is 9.96. The number of aromatic amines is 1. The van der Waals surface area contributed by atoms with Gasteiger partial charge in [0.2, 0.25) is 0 Å². The van der Waals surface area contributed by atoms with E-state index in [1.807, 2.05) is 6.92 Å². The number of carbonyl (C=O) groups is 1. The Kier molecular flexibility index (Phi) is 6.45. The van der Waals surface area contributed by atoms with E-state index in [4.69, 9.17) is 9.47 Å². The standard InChI is InChI=1S/C11H16N2O4S/c1-3-16-4-5-17-10(15)7-18-11-12-8(2)6-9(14)13-11/h6H,3-5,7H2,1-2H3,(H,12,13,14). The Hall–Kier alpha value is -1.34. The number of aryl methyl sites for hydroxylation is 1. The quantitative estimate of drug-likeness (QED) is 0.341. The molecule has 100 valence electrons. The number of thioether (sulfide) groups is 1. The van der Waals surface area contributed by atoms with Crippen molar-refractivity contribution in [1.82, 2.24) is 9.97 Å². The van der Waals surface area contributed by atoms with Crippen LogP contribution < -0.4 is 5.56 Å². The highest BCUT2D eigenvalue weighted by Crippen LogP contribution is 2.10. The molecular formula is C11H16N2O4S.